The van der Waals surface area contributed by atoms with Crippen LogP contribution < -0.4 is 15.8 Å². The standard InChI is InChI=1S/C16H21ClN2O2.ClH/c17-13-3-4-14-11(8-13)7-12(9-21-14)15(20)19-16(10-18)5-1-2-6-16;/h3-4,8,12H,1-2,5-7,9-10,18H2,(H,19,20);1H. The van der Waals surface area contributed by atoms with Gasteiger partial charge in [0, 0.05) is 11.6 Å². The molecule has 3 rings (SSSR count). The van der Waals surface area contributed by atoms with Crippen LogP contribution in [0.4, 0.5) is 0 Å². The predicted octanol–water partition coefficient (Wildman–Crippen LogP) is 2.70. The quantitative estimate of drug-likeness (QED) is 0.885. The van der Waals surface area contributed by atoms with E-state index in [4.69, 9.17) is 22.1 Å². The maximum Gasteiger partial charge on any atom is 0.227 e. The molecule has 6 heteroatoms. The SMILES string of the molecule is Cl.NCC1(NC(=O)C2COc3ccc(Cl)cc3C2)CCCC1. The summed E-state index contributed by atoms with van der Waals surface area (Å²) < 4.78 is 5.69. The number of ether oxygens (including phenoxy) is 1. The molecule has 0 aromatic heterocycles. The fourth-order valence-electron chi connectivity index (χ4n) is 3.33. The summed E-state index contributed by atoms with van der Waals surface area (Å²) in [6.45, 7) is 0.926. The Morgan fingerprint density at radius 3 is 2.82 bits per heavy atom. The van der Waals surface area contributed by atoms with Crippen molar-refractivity contribution >= 4 is 29.9 Å². The van der Waals surface area contributed by atoms with Gasteiger partial charge >= 0.3 is 0 Å². The number of hydrogen-bond donors (Lipinski definition) is 2. The van der Waals surface area contributed by atoms with Crippen molar-refractivity contribution in [3.05, 3.63) is 28.8 Å². The van der Waals surface area contributed by atoms with Gasteiger partial charge in [0.2, 0.25) is 5.91 Å². The van der Waals surface area contributed by atoms with Crippen molar-refractivity contribution in [3.8, 4) is 5.75 Å². The lowest BCUT2D eigenvalue weighted by Crippen LogP contribution is -2.54. The monoisotopic (exact) mass is 344 g/mol. The number of benzene rings is 1. The number of carbonyl (C=O) groups excluding carboxylic acids is 1. The third kappa shape index (κ3) is 3.50. The molecule has 1 aliphatic carbocycles. The van der Waals surface area contributed by atoms with Crippen molar-refractivity contribution in [2.45, 2.75) is 37.6 Å². The second-order valence-corrected chi connectivity index (χ2v) is 6.58. The van der Waals surface area contributed by atoms with E-state index in [-0.39, 0.29) is 29.8 Å². The van der Waals surface area contributed by atoms with E-state index in [2.05, 4.69) is 5.32 Å². The number of fused-ring (bicyclic) bond motifs is 1. The van der Waals surface area contributed by atoms with Gasteiger partial charge in [-0.3, -0.25) is 4.79 Å². The molecule has 122 valence electrons. The third-order valence-corrected chi connectivity index (χ3v) is 4.87. The number of rotatable bonds is 3. The average Bonchev–Trinajstić information content (AvgIpc) is 2.95. The van der Waals surface area contributed by atoms with Gasteiger partial charge in [-0.1, -0.05) is 24.4 Å². The highest BCUT2D eigenvalue weighted by molar-refractivity contribution is 6.30. The summed E-state index contributed by atoms with van der Waals surface area (Å²) >= 11 is 6.01. The molecule has 1 fully saturated rings. The molecule has 0 saturated heterocycles. The Morgan fingerprint density at radius 2 is 2.14 bits per heavy atom. The van der Waals surface area contributed by atoms with E-state index in [1.165, 1.54) is 0 Å². The molecule has 1 saturated carbocycles. The van der Waals surface area contributed by atoms with E-state index in [1.807, 2.05) is 18.2 Å². The van der Waals surface area contributed by atoms with Gasteiger partial charge in [0.15, 0.2) is 0 Å². The van der Waals surface area contributed by atoms with Crippen LogP contribution in [0.2, 0.25) is 5.02 Å². The maximum absolute atomic E-state index is 12.5. The second kappa shape index (κ2) is 7.07. The summed E-state index contributed by atoms with van der Waals surface area (Å²) in [6.07, 6.45) is 4.90. The van der Waals surface area contributed by atoms with Gasteiger partial charge in [0.05, 0.1) is 11.5 Å². The molecule has 1 aliphatic heterocycles. The molecule has 3 N–H and O–H groups in total. The summed E-state index contributed by atoms with van der Waals surface area (Å²) in [5, 5.41) is 3.85. The average molecular weight is 345 g/mol. The number of hydrogen-bond acceptors (Lipinski definition) is 3. The van der Waals surface area contributed by atoms with Crippen molar-refractivity contribution in [1.82, 2.24) is 5.32 Å². The van der Waals surface area contributed by atoms with E-state index in [9.17, 15) is 4.79 Å². The van der Waals surface area contributed by atoms with Gasteiger partial charge in [-0.2, -0.15) is 0 Å². The van der Waals surface area contributed by atoms with Crippen molar-refractivity contribution in [1.29, 1.82) is 0 Å². The molecular weight excluding hydrogens is 323 g/mol. The minimum atomic E-state index is -0.203. The van der Waals surface area contributed by atoms with Gasteiger partial charge in [0.25, 0.3) is 0 Å². The van der Waals surface area contributed by atoms with Crippen LogP contribution in [0.1, 0.15) is 31.2 Å². The van der Waals surface area contributed by atoms with Crippen LogP contribution in [0.3, 0.4) is 0 Å². The topological polar surface area (TPSA) is 64.3 Å². The number of amides is 1. The van der Waals surface area contributed by atoms with Crippen LogP contribution in [-0.2, 0) is 11.2 Å². The Balaban J connectivity index is 0.00000176. The molecule has 1 aromatic rings. The molecule has 1 heterocycles. The Kier molecular flexibility index (Phi) is 5.59. The first kappa shape index (κ1) is 17.4. The minimum Gasteiger partial charge on any atom is -0.492 e. The number of carbonyl (C=O) groups is 1. The molecule has 1 aromatic carbocycles. The Labute approximate surface area is 142 Å². The van der Waals surface area contributed by atoms with Gasteiger partial charge < -0.3 is 15.8 Å². The lowest BCUT2D eigenvalue weighted by atomic mass is 9.92. The molecule has 1 atom stereocenters. The lowest BCUT2D eigenvalue weighted by Gasteiger charge is -2.32. The zero-order chi connectivity index (χ0) is 14.9. The maximum atomic E-state index is 12.5. The van der Waals surface area contributed by atoms with Crippen molar-refractivity contribution < 1.29 is 9.53 Å². The Morgan fingerprint density at radius 1 is 1.41 bits per heavy atom. The lowest BCUT2D eigenvalue weighted by molar-refractivity contribution is -0.128. The normalized spacial score (nSPS) is 22.2. The molecular formula is C16H22Cl2N2O2. The van der Waals surface area contributed by atoms with Crippen molar-refractivity contribution in [2.75, 3.05) is 13.2 Å². The minimum absolute atomic E-state index is 0. The smallest absolute Gasteiger partial charge is 0.227 e. The van der Waals surface area contributed by atoms with Crippen LogP contribution in [0, 0.1) is 5.92 Å². The molecule has 22 heavy (non-hydrogen) atoms. The first-order valence-corrected chi connectivity index (χ1v) is 7.93. The van der Waals surface area contributed by atoms with Gasteiger partial charge in [0.1, 0.15) is 12.4 Å². The zero-order valence-electron chi connectivity index (χ0n) is 12.4. The van der Waals surface area contributed by atoms with E-state index < -0.39 is 0 Å². The van der Waals surface area contributed by atoms with Crippen LogP contribution in [0.15, 0.2) is 18.2 Å². The largest absolute Gasteiger partial charge is 0.492 e. The van der Waals surface area contributed by atoms with Crippen molar-refractivity contribution in [2.24, 2.45) is 11.7 Å². The fourth-order valence-corrected chi connectivity index (χ4v) is 3.52. The highest BCUT2D eigenvalue weighted by Crippen LogP contribution is 2.32. The number of nitrogens with two attached hydrogens (primary N) is 1. The molecule has 1 amide bonds. The Hall–Kier alpha value is -0.970. The van der Waals surface area contributed by atoms with E-state index in [1.54, 1.807) is 0 Å². The summed E-state index contributed by atoms with van der Waals surface area (Å²) in [4.78, 5) is 12.5. The molecule has 2 aliphatic rings. The van der Waals surface area contributed by atoms with E-state index >= 15 is 0 Å². The predicted molar refractivity (Wildman–Crippen MR) is 89.8 cm³/mol. The highest BCUT2D eigenvalue weighted by atomic mass is 35.5. The molecule has 0 bridgehead atoms. The first-order valence-electron chi connectivity index (χ1n) is 7.55. The second-order valence-electron chi connectivity index (χ2n) is 6.14. The molecule has 0 spiro atoms. The molecule has 1 unspecified atom stereocenters. The fraction of sp³-hybridized carbons (Fsp3) is 0.562. The summed E-state index contributed by atoms with van der Waals surface area (Å²) in [5.41, 5.74) is 6.68. The summed E-state index contributed by atoms with van der Waals surface area (Å²) in [6, 6.07) is 5.55. The first-order chi connectivity index (χ1) is 10.1. The molecule has 0 radical (unpaired) electrons. The number of halogens is 2. The zero-order valence-corrected chi connectivity index (χ0v) is 14.0. The van der Waals surface area contributed by atoms with E-state index in [0.29, 0.717) is 24.6 Å². The summed E-state index contributed by atoms with van der Waals surface area (Å²) in [7, 11) is 0. The summed E-state index contributed by atoms with van der Waals surface area (Å²) in [5.74, 6) is 0.714. The van der Waals surface area contributed by atoms with Crippen molar-refractivity contribution in [3.63, 3.8) is 0 Å². The third-order valence-electron chi connectivity index (χ3n) is 4.64. The van der Waals surface area contributed by atoms with Crippen LogP contribution >= 0.6 is 24.0 Å². The Bertz CT molecular complexity index is 545. The number of nitrogens with one attached hydrogen (secondary N) is 1. The van der Waals surface area contributed by atoms with Gasteiger partial charge in [-0.05, 0) is 43.0 Å². The molecule has 4 nitrogen and oxygen atoms in total. The van der Waals surface area contributed by atoms with Crippen LogP contribution in [-0.4, -0.2) is 24.6 Å². The highest BCUT2D eigenvalue weighted by Gasteiger charge is 2.36. The van der Waals surface area contributed by atoms with Crippen LogP contribution in [0.5, 0.6) is 5.75 Å². The van der Waals surface area contributed by atoms with Crippen LogP contribution in [0.25, 0.3) is 0 Å². The van der Waals surface area contributed by atoms with Gasteiger partial charge in [-0.25, -0.2) is 0 Å². The van der Waals surface area contributed by atoms with Gasteiger partial charge in [-0.15, -0.1) is 12.4 Å². The van der Waals surface area contributed by atoms with E-state index in [0.717, 1.165) is 37.0 Å².